The van der Waals surface area contributed by atoms with E-state index in [2.05, 4.69) is 10.6 Å². The Morgan fingerprint density at radius 3 is 1.94 bits per heavy atom. The van der Waals surface area contributed by atoms with Gasteiger partial charge in [-0.05, 0) is 59.2 Å². The molecule has 0 aliphatic rings. The maximum absolute atomic E-state index is 12.4. The van der Waals surface area contributed by atoms with Gasteiger partial charge in [0.05, 0.1) is 6.42 Å². The van der Waals surface area contributed by atoms with Gasteiger partial charge in [-0.2, -0.15) is 0 Å². The summed E-state index contributed by atoms with van der Waals surface area (Å²) in [6, 6.07) is 4.86. The maximum Gasteiger partial charge on any atom is 0.411 e. The second-order valence-corrected chi connectivity index (χ2v) is 8.72. The van der Waals surface area contributed by atoms with E-state index in [1.165, 1.54) is 12.1 Å². The largest absolute Gasteiger partial charge is 0.481 e. The van der Waals surface area contributed by atoms with Crippen LogP contribution in [0.15, 0.2) is 24.3 Å². The Morgan fingerprint density at radius 1 is 0.903 bits per heavy atom. The molecule has 0 fully saturated rings. The van der Waals surface area contributed by atoms with E-state index in [1.807, 2.05) is 0 Å². The Morgan fingerprint density at radius 2 is 1.45 bits per heavy atom. The third-order valence-corrected chi connectivity index (χ3v) is 3.32. The van der Waals surface area contributed by atoms with Gasteiger partial charge in [0.2, 0.25) is 0 Å². The molecule has 10 nitrogen and oxygen atoms in total. The molecule has 0 heterocycles. The average Bonchev–Trinajstić information content (AvgIpc) is 2.56. The molecule has 10 heteroatoms. The van der Waals surface area contributed by atoms with Gasteiger partial charge in [0.15, 0.2) is 6.04 Å². The fourth-order valence-electron chi connectivity index (χ4n) is 2.18. The SMILES string of the molecule is CC(C)(C)OC(=O)N[C@H](COC(=O)Nc1ccc(CC(=O)O)cc1)C(=O)OC(C)(C)C. The Kier molecular flexibility index (Phi) is 8.84. The van der Waals surface area contributed by atoms with Gasteiger partial charge in [-0.3, -0.25) is 10.1 Å². The lowest BCUT2D eigenvalue weighted by Crippen LogP contribution is -2.48. The van der Waals surface area contributed by atoms with Crippen LogP contribution >= 0.6 is 0 Å². The van der Waals surface area contributed by atoms with E-state index in [0.717, 1.165) is 0 Å². The number of carbonyl (C=O) groups is 4. The highest BCUT2D eigenvalue weighted by molar-refractivity contribution is 5.86. The monoisotopic (exact) mass is 438 g/mol. The molecule has 0 radical (unpaired) electrons. The van der Waals surface area contributed by atoms with Crippen LogP contribution in [0.25, 0.3) is 0 Å². The minimum absolute atomic E-state index is 0.140. The molecule has 0 aliphatic carbocycles. The highest BCUT2D eigenvalue weighted by Gasteiger charge is 2.30. The van der Waals surface area contributed by atoms with Crippen molar-refractivity contribution < 1.29 is 38.5 Å². The number of hydrogen-bond donors (Lipinski definition) is 3. The molecule has 31 heavy (non-hydrogen) atoms. The van der Waals surface area contributed by atoms with E-state index in [-0.39, 0.29) is 6.42 Å². The number of alkyl carbamates (subject to hydrolysis) is 1. The molecule has 0 aromatic heterocycles. The van der Waals surface area contributed by atoms with Crippen molar-refractivity contribution in [1.82, 2.24) is 5.32 Å². The van der Waals surface area contributed by atoms with Gasteiger partial charge in [-0.25, -0.2) is 14.4 Å². The highest BCUT2D eigenvalue weighted by atomic mass is 16.6. The lowest BCUT2D eigenvalue weighted by atomic mass is 10.1. The van der Waals surface area contributed by atoms with E-state index >= 15 is 0 Å². The summed E-state index contributed by atoms with van der Waals surface area (Å²) >= 11 is 0. The van der Waals surface area contributed by atoms with Crippen LogP contribution in [0.5, 0.6) is 0 Å². The summed E-state index contributed by atoms with van der Waals surface area (Å²) < 4.78 is 15.4. The molecule has 3 N–H and O–H groups in total. The van der Waals surface area contributed by atoms with Crippen molar-refractivity contribution in [3.8, 4) is 0 Å². The zero-order chi connectivity index (χ0) is 23.8. The number of esters is 1. The Bertz CT molecular complexity index is 791. The summed E-state index contributed by atoms with van der Waals surface area (Å²) in [6.07, 6.45) is -1.87. The number of aliphatic carboxylic acids is 1. The number of amides is 2. The van der Waals surface area contributed by atoms with Crippen LogP contribution in [0.1, 0.15) is 47.1 Å². The molecule has 1 atom stereocenters. The van der Waals surface area contributed by atoms with E-state index in [4.69, 9.17) is 19.3 Å². The Hall–Kier alpha value is -3.30. The lowest BCUT2D eigenvalue weighted by molar-refractivity contribution is -0.158. The maximum atomic E-state index is 12.4. The molecule has 0 spiro atoms. The van der Waals surface area contributed by atoms with Crippen molar-refractivity contribution in [2.45, 2.75) is 65.2 Å². The van der Waals surface area contributed by atoms with Gasteiger partial charge in [-0.1, -0.05) is 12.1 Å². The zero-order valence-corrected chi connectivity index (χ0v) is 18.6. The molecule has 0 aliphatic heterocycles. The smallest absolute Gasteiger partial charge is 0.411 e. The van der Waals surface area contributed by atoms with Crippen LogP contribution in [0, 0.1) is 0 Å². The van der Waals surface area contributed by atoms with Crippen molar-refractivity contribution in [2.24, 2.45) is 0 Å². The number of nitrogens with one attached hydrogen (secondary N) is 2. The number of ether oxygens (including phenoxy) is 3. The van der Waals surface area contributed by atoms with Crippen LogP contribution < -0.4 is 10.6 Å². The molecule has 1 aromatic rings. The number of benzene rings is 1. The first-order valence-electron chi connectivity index (χ1n) is 9.61. The molecule has 2 amide bonds. The number of rotatable bonds is 7. The minimum atomic E-state index is -1.28. The van der Waals surface area contributed by atoms with Crippen LogP contribution in [0.3, 0.4) is 0 Å². The fourth-order valence-corrected chi connectivity index (χ4v) is 2.18. The topological polar surface area (TPSA) is 140 Å². The van der Waals surface area contributed by atoms with Crippen LogP contribution in [-0.4, -0.2) is 53.1 Å². The molecule has 0 unspecified atom stereocenters. The quantitative estimate of drug-likeness (QED) is 0.436. The van der Waals surface area contributed by atoms with E-state index in [1.54, 1.807) is 53.7 Å². The van der Waals surface area contributed by atoms with Crippen molar-refractivity contribution in [1.29, 1.82) is 0 Å². The van der Waals surface area contributed by atoms with Gasteiger partial charge in [0.25, 0.3) is 0 Å². The molecule has 0 saturated carbocycles. The third-order valence-electron chi connectivity index (χ3n) is 3.32. The molecule has 172 valence electrons. The van der Waals surface area contributed by atoms with Crippen LogP contribution in [0.2, 0.25) is 0 Å². The summed E-state index contributed by atoms with van der Waals surface area (Å²) in [7, 11) is 0. The predicted octanol–water partition coefficient (Wildman–Crippen LogP) is 3.10. The summed E-state index contributed by atoms with van der Waals surface area (Å²) in [4.78, 5) is 47.2. The van der Waals surface area contributed by atoms with Crippen molar-refractivity contribution in [2.75, 3.05) is 11.9 Å². The van der Waals surface area contributed by atoms with Crippen molar-refractivity contribution >= 4 is 29.8 Å². The number of anilines is 1. The standard InChI is InChI=1S/C21H30N2O8/c1-20(2,3)30-17(26)15(23-19(28)31-21(4,5)6)12-29-18(27)22-14-9-7-13(8-10-14)11-16(24)25/h7-10,15H,11-12H2,1-6H3,(H,22,27)(H,23,28)(H,24,25)/t15-/m1/s1. The zero-order valence-electron chi connectivity index (χ0n) is 18.6. The summed E-state index contributed by atoms with van der Waals surface area (Å²) in [5.74, 6) is -1.75. The summed E-state index contributed by atoms with van der Waals surface area (Å²) in [5, 5.41) is 13.6. The van der Waals surface area contributed by atoms with Gasteiger partial charge in [-0.15, -0.1) is 0 Å². The molecule has 0 bridgehead atoms. The summed E-state index contributed by atoms with van der Waals surface area (Å²) in [6.45, 7) is 9.50. The first-order valence-corrected chi connectivity index (χ1v) is 9.61. The molecule has 0 saturated heterocycles. The molecule has 1 rings (SSSR count). The Labute approximate surface area is 181 Å². The second-order valence-electron chi connectivity index (χ2n) is 8.72. The molecular formula is C21H30N2O8. The second kappa shape index (κ2) is 10.6. The normalized spacial score (nSPS) is 12.3. The predicted molar refractivity (Wildman–Crippen MR) is 112 cm³/mol. The third kappa shape index (κ3) is 11.5. The van der Waals surface area contributed by atoms with Crippen molar-refractivity contribution in [3.63, 3.8) is 0 Å². The molecular weight excluding hydrogens is 408 g/mol. The average molecular weight is 438 g/mol. The highest BCUT2D eigenvalue weighted by Crippen LogP contribution is 2.12. The van der Waals surface area contributed by atoms with Gasteiger partial charge in [0.1, 0.15) is 17.8 Å². The number of carboxylic acid groups (broad SMARTS) is 1. The van der Waals surface area contributed by atoms with Crippen LogP contribution in [0.4, 0.5) is 15.3 Å². The van der Waals surface area contributed by atoms with E-state index in [9.17, 15) is 19.2 Å². The van der Waals surface area contributed by atoms with Gasteiger partial charge < -0.3 is 24.6 Å². The first-order chi connectivity index (χ1) is 14.1. The van der Waals surface area contributed by atoms with E-state index < -0.39 is 48.0 Å². The Balaban J connectivity index is 2.72. The number of carbonyl (C=O) groups excluding carboxylic acids is 3. The van der Waals surface area contributed by atoms with Crippen molar-refractivity contribution in [3.05, 3.63) is 29.8 Å². The lowest BCUT2D eigenvalue weighted by Gasteiger charge is -2.26. The van der Waals surface area contributed by atoms with Gasteiger partial charge in [0, 0.05) is 5.69 Å². The van der Waals surface area contributed by atoms with Crippen LogP contribution in [-0.2, 0) is 30.2 Å². The number of carboxylic acids is 1. The number of hydrogen-bond acceptors (Lipinski definition) is 7. The fraction of sp³-hybridized carbons (Fsp3) is 0.524. The molecule has 1 aromatic carbocycles. The van der Waals surface area contributed by atoms with Gasteiger partial charge >= 0.3 is 24.1 Å². The summed E-state index contributed by atoms with van der Waals surface area (Å²) in [5.41, 5.74) is -0.663. The minimum Gasteiger partial charge on any atom is -0.481 e. The van der Waals surface area contributed by atoms with E-state index in [0.29, 0.717) is 11.3 Å². The first kappa shape index (κ1) is 25.7.